The van der Waals surface area contributed by atoms with Gasteiger partial charge in [0.25, 0.3) is 11.1 Å². The summed E-state index contributed by atoms with van der Waals surface area (Å²) >= 11 is 0. The molecule has 0 spiro atoms. The molecule has 1 N–H and O–H groups in total. The van der Waals surface area contributed by atoms with E-state index in [9.17, 15) is 14.4 Å². The molecule has 2 aromatic rings. The van der Waals surface area contributed by atoms with Crippen LogP contribution in [0.15, 0.2) is 40.1 Å². The van der Waals surface area contributed by atoms with E-state index in [0.717, 1.165) is 28.1 Å². The summed E-state index contributed by atoms with van der Waals surface area (Å²) in [6, 6.07) is 6.05. The van der Waals surface area contributed by atoms with Crippen molar-refractivity contribution in [2.24, 2.45) is 0 Å². The smallest absolute Gasteiger partial charge is 0.265 e. The summed E-state index contributed by atoms with van der Waals surface area (Å²) in [5.74, 6) is -0.255. The zero-order valence-corrected chi connectivity index (χ0v) is 13.4. The van der Waals surface area contributed by atoms with Gasteiger partial charge >= 0.3 is 0 Å². The number of pyridine rings is 1. The molecule has 2 rings (SSSR count). The fraction of sp³-hybridized carbons (Fsp3) is 0.375. The zero-order chi connectivity index (χ0) is 17.0. The third-order valence-corrected chi connectivity index (χ3v) is 3.84. The lowest BCUT2D eigenvalue weighted by atomic mass is 10.1. The number of aromatic amines is 1. The van der Waals surface area contributed by atoms with E-state index >= 15 is 0 Å². The Bertz CT molecular complexity index is 809. The molecular formula is C16H20N4O3. The highest BCUT2D eigenvalue weighted by Gasteiger charge is 2.18. The Morgan fingerprint density at radius 1 is 1.35 bits per heavy atom. The molecule has 0 saturated carbocycles. The highest BCUT2D eigenvalue weighted by Crippen LogP contribution is 2.10. The van der Waals surface area contributed by atoms with E-state index < -0.39 is 11.1 Å². The Hall–Kier alpha value is -2.70. The van der Waals surface area contributed by atoms with Crippen LogP contribution in [0.25, 0.3) is 0 Å². The van der Waals surface area contributed by atoms with Gasteiger partial charge in [-0.2, -0.15) is 0 Å². The maximum Gasteiger partial charge on any atom is 0.265 e. The Kier molecular flexibility index (Phi) is 5.10. The molecule has 0 aromatic carbocycles. The molecule has 7 heteroatoms. The SMILES string of the molecule is Cc1cccnc1C[C@@H](C)N(C)C(=O)Cn1[nH]c(=O)ccc1=O. The quantitative estimate of drug-likeness (QED) is 0.861. The molecule has 0 unspecified atom stereocenters. The van der Waals surface area contributed by atoms with Crippen molar-refractivity contribution in [3.63, 3.8) is 0 Å². The van der Waals surface area contributed by atoms with Crippen molar-refractivity contribution < 1.29 is 4.79 Å². The van der Waals surface area contributed by atoms with Crippen LogP contribution in [0, 0.1) is 6.92 Å². The van der Waals surface area contributed by atoms with Gasteiger partial charge < -0.3 is 4.90 Å². The number of amides is 1. The molecule has 0 radical (unpaired) electrons. The Balaban J connectivity index is 2.07. The number of aryl methyl sites for hydroxylation is 1. The second-order valence-electron chi connectivity index (χ2n) is 5.56. The van der Waals surface area contributed by atoms with Crippen molar-refractivity contribution in [2.75, 3.05) is 7.05 Å². The van der Waals surface area contributed by atoms with Gasteiger partial charge in [-0.25, -0.2) is 4.68 Å². The Morgan fingerprint density at radius 3 is 2.78 bits per heavy atom. The lowest BCUT2D eigenvalue weighted by molar-refractivity contribution is -0.132. The Labute approximate surface area is 133 Å². The van der Waals surface area contributed by atoms with Crippen LogP contribution in [0.1, 0.15) is 18.2 Å². The normalized spacial score (nSPS) is 12.0. The molecule has 2 aromatic heterocycles. The fourth-order valence-electron chi connectivity index (χ4n) is 2.22. The third kappa shape index (κ3) is 4.15. The molecule has 0 bridgehead atoms. The Morgan fingerprint density at radius 2 is 2.09 bits per heavy atom. The van der Waals surface area contributed by atoms with Crippen molar-refractivity contribution in [2.45, 2.75) is 32.9 Å². The van der Waals surface area contributed by atoms with Crippen LogP contribution in [-0.2, 0) is 17.8 Å². The maximum atomic E-state index is 12.3. The largest absolute Gasteiger partial charge is 0.341 e. The van der Waals surface area contributed by atoms with Crippen LogP contribution < -0.4 is 11.1 Å². The van der Waals surface area contributed by atoms with Crippen molar-refractivity contribution in [3.8, 4) is 0 Å². The minimum Gasteiger partial charge on any atom is -0.341 e. The van der Waals surface area contributed by atoms with E-state index in [1.807, 2.05) is 26.0 Å². The number of rotatable bonds is 5. The van der Waals surface area contributed by atoms with Gasteiger partial charge in [0.2, 0.25) is 5.91 Å². The molecular weight excluding hydrogens is 296 g/mol. The molecule has 2 heterocycles. The number of nitrogens with one attached hydrogen (secondary N) is 1. The average Bonchev–Trinajstić information content (AvgIpc) is 2.52. The predicted molar refractivity (Wildman–Crippen MR) is 86.2 cm³/mol. The molecule has 1 atom stereocenters. The van der Waals surface area contributed by atoms with Gasteiger partial charge in [0, 0.05) is 43.5 Å². The minimum atomic E-state index is -0.419. The topological polar surface area (TPSA) is 88.1 Å². The number of hydrogen-bond donors (Lipinski definition) is 1. The molecule has 23 heavy (non-hydrogen) atoms. The van der Waals surface area contributed by atoms with E-state index in [1.54, 1.807) is 18.1 Å². The monoisotopic (exact) mass is 316 g/mol. The molecule has 0 aliphatic heterocycles. The predicted octanol–water partition coefficient (Wildman–Crippen LogP) is 0.330. The van der Waals surface area contributed by atoms with Crippen molar-refractivity contribution in [1.29, 1.82) is 0 Å². The summed E-state index contributed by atoms with van der Waals surface area (Å²) in [4.78, 5) is 41.1. The number of likely N-dealkylation sites (N-methyl/N-ethyl adjacent to an activating group) is 1. The van der Waals surface area contributed by atoms with Crippen LogP contribution >= 0.6 is 0 Å². The number of carbonyl (C=O) groups excluding carboxylic acids is 1. The summed E-state index contributed by atoms with van der Waals surface area (Å²) in [6.45, 7) is 3.70. The van der Waals surface area contributed by atoms with Crippen molar-refractivity contribution in [3.05, 3.63) is 62.4 Å². The first-order valence-electron chi connectivity index (χ1n) is 7.35. The summed E-state index contributed by atoms with van der Waals surface area (Å²) in [5, 5.41) is 2.35. The fourth-order valence-corrected chi connectivity index (χ4v) is 2.22. The highest BCUT2D eigenvalue weighted by atomic mass is 16.2. The second kappa shape index (κ2) is 7.04. The number of carbonyl (C=O) groups is 1. The maximum absolute atomic E-state index is 12.3. The van der Waals surface area contributed by atoms with Crippen LogP contribution in [-0.4, -0.2) is 38.7 Å². The first-order valence-corrected chi connectivity index (χ1v) is 7.35. The standard InChI is InChI=1S/C16H20N4O3/c1-11-5-4-8-17-13(11)9-12(2)19(3)16(23)10-20-15(22)7-6-14(21)18-20/h4-8,12H,9-10H2,1-3H3,(H,18,21)/t12-/m1/s1. The molecule has 0 saturated heterocycles. The second-order valence-corrected chi connectivity index (χ2v) is 5.56. The summed E-state index contributed by atoms with van der Waals surface area (Å²) in [5.41, 5.74) is 1.17. The molecule has 0 aliphatic carbocycles. The number of nitrogens with zero attached hydrogens (tertiary/aromatic N) is 3. The molecule has 0 fully saturated rings. The lowest BCUT2D eigenvalue weighted by Crippen LogP contribution is -2.41. The number of hydrogen-bond acceptors (Lipinski definition) is 4. The average molecular weight is 316 g/mol. The zero-order valence-electron chi connectivity index (χ0n) is 13.4. The number of aromatic nitrogens is 3. The van der Waals surface area contributed by atoms with Crippen LogP contribution in [0.5, 0.6) is 0 Å². The van der Waals surface area contributed by atoms with Crippen LogP contribution in [0.2, 0.25) is 0 Å². The highest BCUT2D eigenvalue weighted by molar-refractivity contribution is 5.75. The van der Waals surface area contributed by atoms with E-state index in [1.165, 1.54) is 0 Å². The molecule has 1 amide bonds. The summed E-state index contributed by atoms with van der Waals surface area (Å²) < 4.78 is 1.01. The van der Waals surface area contributed by atoms with Gasteiger partial charge in [0.15, 0.2) is 0 Å². The third-order valence-electron chi connectivity index (χ3n) is 3.84. The van der Waals surface area contributed by atoms with Gasteiger partial charge in [-0.15, -0.1) is 0 Å². The van der Waals surface area contributed by atoms with E-state index in [0.29, 0.717) is 6.42 Å². The molecule has 7 nitrogen and oxygen atoms in total. The van der Waals surface area contributed by atoms with E-state index in [2.05, 4.69) is 10.1 Å². The van der Waals surface area contributed by atoms with Crippen molar-refractivity contribution >= 4 is 5.91 Å². The van der Waals surface area contributed by atoms with E-state index in [4.69, 9.17) is 0 Å². The van der Waals surface area contributed by atoms with Gasteiger partial charge in [-0.3, -0.25) is 24.5 Å². The van der Waals surface area contributed by atoms with E-state index in [-0.39, 0.29) is 18.5 Å². The minimum absolute atomic E-state index is 0.0813. The molecule has 122 valence electrons. The van der Waals surface area contributed by atoms with Crippen LogP contribution in [0.3, 0.4) is 0 Å². The summed E-state index contributed by atoms with van der Waals surface area (Å²) in [6.07, 6.45) is 2.35. The first-order chi connectivity index (χ1) is 10.9. The van der Waals surface area contributed by atoms with Gasteiger partial charge in [0.1, 0.15) is 6.54 Å². The number of H-pyrrole nitrogens is 1. The first kappa shape index (κ1) is 16.7. The lowest BCUT2D eigenvalue weighted by Gasteiger charge is -2.25. The van der Waals surface area contributed by atoms with Gasteiger partial charge in [-0.1, -0.05) is 6.07 Å². The van der Waals surface area contributed by atoms with Gasteiger partial charge in [0.05, 0.1) is 0 Å². The van der Waals surface area contributed by atoms with Crippen LogP contribution in [0.4, 0.5) is 0 Å². The molecule has 0 aliphatic rings. The summed E-state index contributed by atoms with van der Waals surface area (Å²) in [7, 11) is 1.68. The van der Waals surface area contributed by atoms with Gasteiger partial charge in [-0.05, 0) is 25.5 Å². The van der Waals surface area contributed by atoms with Crippen molar-refractivity contribution in [1.82, 2.24) is 19.7 Å².